The third kappa shape index (κ3) is 5.37. The van der Waals surface area contributed by atoms with Crippen LogP contribution in [0.25, 0.3) is 0 Å². The van der Waals surface area contributed by atoms with Crippen molar-refractivity contribution in [1.82, 2.24) is 4.90 Å². The molecule has 178 valence electrons. The quantitative estimate of drug-likeness (QED) is 0.468. The molecule has 0 aliphatic carbocycles. The zero-order valence-electron chi connectivity index (χ0n) is 19.2. The normalized spacial score (nSPS) is 25.0. The molecule has 7 heteroatoms. The summed E-state index contributed by atoms with van der Waals surface area (Å²) in [5.74, 6) is -1.49. The number of carboxylic acids is 1. The van der Waals surface area contributed by atoms with E-state index < -0.39 is 29.6 Å². The van der Waals surface area contributed by atoms with Crippen molar-refractivity contribution in [3.63, 3.8) is 0 Å². The van der Waals surface area contributed by atoms with Crippen LogP contribution in [0.4, 0.5) is 0 Å². The molecule has 1 heterocycles. The summed E-state index contributed by atoms with van der Waals surface area (Å²) in [5.41, 5.74) is 0.692. The number of aliphatic hydroxyl groups excluding tert-OH is 1. The number of aliphatic hydroxyl groups is 1. The molecule has 2 unspecified atom stereocenters. The van der Waals surface area contributed by atoms with Crippen molar-refractivity contribution >= 4 is 35.1 Å². The van der Waals surface area contributed by atoms with Crippen LogP contribution in [0, 0.1) is 5.41 Å². The lowest BCUT2D eigenvalue weighted by Gasteiger charge is -2.52. The molecule has 0 saturated carbocycles. The van der Waals surface area contributed by atoms with E-state index in [2.05, 4.69) is 0 Å². The molecule has 0 radical (unpaired) electrons. The van der Waals surface area contributed by atoms with Gasteiger partial charge in [-0.2, -0.15) is 0 Å². The van der Waals surface area contributed by atoms with Gasteiger partial charge in [-0.3, -0.25) is 9.59 Å². The highest BCUT2D eigenvalue weighted by Gasteiger charge is 2.53. The number of hydrogen-bond acceptors (Lipinski definition) is 3. The maximum atomic E-state index is 14.0. The Kier molecular flexibility index (Phi) is 8.09. The van der Waals surface area contributed by atoms with E-state index >= 15 is 0 Å². The lowest BCUT2D eigenvalue weighted by Crippen LogP contribution is -2.58. The molecule has 1 aliphatic heterocycles. The summed E-state index contributed by atoms with van der Waals surface area (Å²) in [6, 6.07) is 14.0. The number of hydrogen-bond donors (Lipinski definition) is 2. The van der Waals surface area contributed by atoms with E-state index in [4.69, 9.17) is 23.2 Å². The van der Waals surface area contributed by atoms with Crippen LogP contribution in [0.15, 0.2) is 48.5 Å². The van der Waals surface area contributed by atoms with Crippen molar-refractivity contribution < 1.29 is 19.8 Å². The van der Waals surface area contributed by atoms with Crippen molar-refractivity contribution in [1.29, 1.82) is 0 Å². The first-order valence-corrected chi connectivity index (χ1v) is 12.1. The molecule has 2 aromatic carbocycles. The Hall–Kier alpha value is -2.08. The summed E-state index contributed by atoms with van der Waals surface area (Å²) in [5, 5.41) is 21.7. The zero-order chi connectivity index (χ0) is 24.3. The van der Waals surface area contributed by atoms with Gasteiger partial charge < -0.3 is 15.1 Å². The molecule has 33 heavy (non-hydrogen) atoms. The van der Waals surface area contributed by atoms with E-state index in [9.17, 15) is 19.8 Å². The average molecular weight is 492 g/mol. The Morgan fingerprint density at radius 1 is 1.09 bits per heavy atom. The van der Waals surface area contributed by atoms with Crippen LogP contribution in [-0.4, -0.2) is 39.1 Å². The van der Waals surface area contributed by atoms with Gasteiger partial charge in [-0.25, -0.2) is 0 Å². The molecule has 1 fully saturated rings. The Morgan fingerprint density at radius 2 is 1.76 bits per heavy atom. The molecule has 0 spiro atoms. The molecular weight excluding hydrogens is 461 g/mol. The number of rotatable bonds is 8. The maximum absolute atomic E-state index is 14.0. The van der Waals surface area contributed by atoms with Crippen LogP contribution >= 0.6 is 23.2 Å². The summed E-state index contributed by atoms with van der Waals surface area (Å²) in [4.78, 5) is 27.5. The fourth-order valence-corrected chi connectivity index (χ4v) is 5.50. The smallest absolute Gasteiger partial charge is 0.304 e. The second kappa shape index (κ2) is 10.5. The number of carbonyl (C=O) groups is 2. The van der Waals surface area contributed by atoms with E-state index in [0.717, 1.165) is 11.1 Å². The largest absolute Gasteiger partial charge is 0.481 e. The standard InChI is InChI=1S/C26H31Cl2NO4/c1-4-21(22(30)5-2)29-24(16-9-11-18(27)12-10-16)20(17-7-6-8-19(28)13-17)14-26(3,25(29)33)15-23(31)32/h6-13,20-22,24,30H,4-5,14-15H2,1-3H3,(H,31,32)/t20-,21?,22-,24?,26-/m1/s1. The number of halogens is 2. The van der Waals surface area contributed by atoms with Crippen molar-refractivity contribution in [3.8, 4) is 0 Å². The fraction of sp³-hybridized carbons (Fsp3) is 0.462. The highest BCUT2D eigenvalue weighted by molar-refractivity contribution is 6.30. The van der Waals surface area contributed by atoms with Gasteiger partial charge in [-0.05, 0) is 54.7 Å². The van der Waals surface area contributed by atoms with Gasteiger partial charge in [0.2, 0.25) is 5.91 Å². The van der Waals surface area contributed by atoms with E-state index in [1.807, 2.05) is 44.2 Å². The molecule has 5 atom stereocenters. The molecule has 1 aliphatic rings. The minimum absolute atomic E-state index is 0.218. The Bertz CT molecular complexity index is 996. The van der Waals surface area contributed by atoms with Crippen LogP contribution < -0.4 is 0 Å². The number of likely N-dealkylation sites (tertiary alicyclic amines) is 1. The lowest BCUT2D eigenvalue weighted by molar-refractivity contribution is -0.163. The summed E-state index contributed by atoms with van der Waals surface area (Å²) in [7, 11) is 0. The van der Waals surface area contributed by atoms with Gasteiger partial charge in [0.25, 0.3) is 0 Å². The number of amides is 1. The van der Waals surface area contributed by atoms with Gasteiger partial charge in [0.05, 0.1) is 30.0 Å². The van der Waals surface area contributed by atoms with Gasteiger partial charge >= 0.3 is 5.97 Å². The Morgan fingerprint density at radius 3 is 2.30 bits per heavy atom. The number of aliphatic carboxylic acids is 1. The predicted molar refractivity (Wildman–Crippen MR) is 131 cm³/mol. The highest BCUT2D eigenvalue weighted by Crippen LogP contribution is 2.52. The molecule has 3 rings (SSSR count). The van der Waals surface area contributed by atoms with Gasteiger partial charge in [0.1, 0.15) is 0 Å². The van der Waals surface area contributed by atoms with Gasteiger partial charge in [-0.1, -0.05) is 68.2 Å². The fourth-order valence-electron chi connectivity index (χ4n) is 5.17. The third-order valence-corrected chi connectivity index (χ3v) is 7.26. The van der Waals surface area contributed by atoms with Crippen LogP contribution in [0.5, 0.6) is 0 Å². The number of carbonyl (C=O) groups excluding carboxylic acids is 1. The summed E-state index contributed by atoms with van der Waals surface area (Å²) >= 11 is 12.5. The highest BCUT2D eigenvalue weighted by atomic mass is 35.5. The molecule has 2 aromatic rings. The van der Waals surface area contributed by atoms with Crippen LogP contribution in [0.3, 0.4) is 0 Å². The van der Waals surface area contributed by atoms with Gasteiger partial charge in [0, 0.05) is 16.0 Å². The first-order chi connectivity index (χ1) is 15.6. The SMILES string of the molecule is CCC([C@H](O)CC)N1C(=O)[C@@](C)(CC(=O)O)C[C@H](c2cccc(Cl)c2)C1c1ccc(Cl)cc1. The second-order valence-corrected chi connectivity index (χ2v) is 10.0. The topological polar surface area (TPSA) is 77.8 Å². The number of piperidine rings is 1. The minimum Gasteiger partial charge on any atom is -0.481 e. The molecule has 5 nitrogen and oxygen atoms in total. The third-order valence-electron chi connectivity index (χ3n) is 6.77. The van der Waals surface area contributed by atoms with Gasteiger partial charge in [0.15, 0.2) is 0 Å². The predicted octanol–water partition coefficient (Wildman–Crippen LogP) is 6.08. The molecule has 0 bridgehead atoms. The van der Waals surface area contributed by atoms with Gasteiger partial charge in [-0.15, -0.1) is 0 Å². The van der Waals surface area contributed by atoms with Crippen LogP contribution in [-0.2, 0) is 9.59 Å². The zero-order valence-corrected chi connectivity index (χ0v) is 20.7. The number of benzene rings is 2. The lowest BCUT2D eigenvalue weighted by atomic mass is 9.66. The van der Waals surface area contributed by atoms with Crippen molar-refractivity contribution in [2.45, 2.75) is 70.6 Å². The molecule has 1 saturated heterocycles. The van der Waals surface area contributed by atoms with E-state index in [-0.39, 0.29) is 18.2 Å². The van der Waals surface area contributed by atoms with E-state index in [1.54, 1.807) is 30.0 Å². The molecule has 0 aromatic heterocycles. The number of carboxylic acid groups (broad SMARTS) is 1. The van der Waals surface area contributed by atoms with E-state index in [1.165, 1.54) is 0 Å². The van der Waals surface area contributed by atoms with Crippen molar-refractivity contribution in [2.75, 3.05) is 0 Å². The molecular formula is C26H31Cl2NO4. The summed E-state index contributed by atoms with van der Waals surface area (Å²) < 4.78 is 0. The molecule has 1 amide bonds. The van der Waals surface area contributed by atoms with Crippen LogP contribution in [0.2, 0.25) is 10.0 Å². The molecule has 2 N–H and O–H groups in total. The summed E-state index contributed by atoms with van der Waals surface area (Å²) in [6.07, 6.45) is 0.344. The second-order valence-electron chi connectivity index (χ2n) is 9.16. The Labute approximate surface area is 205 Å². The summed E-state index contributed by atoms with van der Waals surface area (Å²) in [6.45, 7) is 5.54. The van der Waals surface area contributed by atoms with Crippen molar-refractivity contribution in [2.24, 2.45) is 5.41 Å². The van der Waals surface area contributed by atoms with Crippen molar-refractivity contribution in [3.05, 3.63) is 69.7 Å². The first-order valence-electron chi connectivity index (χ1n) is 11.3. The monoisotopic (exact) mass is 491 g/mol. The average Bonchev–Trinajstić information content (AvgIpc) is 2.77. The Balaban J connectivity index is 2.25. The van der Waals surface area contributed by atoms with E-state index in [0.29, 0.717) is 29.3 Å². The maximum Gasteiger partial charge on any atom is 0.304 e. The van der Waals surface area contributed by atoms with Crippen LogP contribution in [0.1, 0.15) is 69.5 Å². The number of nitrogens with zero attached hydrogens (tertiary/aromatic N) is 1. The first kappa shape index (κ1) is 25.5. The minimum atomic E-state index is -1.12.